The number of halogens is 4. The zero-order valence-corrected chi connectivity index (χ0v) is 17.3. The number of carbonyl (C=O) groups is 1. The molecule has 2 aliphatic rings. The summed E-state index contributed by atoms with van der Waals surface area (Å²) < 4.78 is 59.4. The highest BCUT2D eigenvalue weighted by Crippen LogP contribution is 2.40. The van der Waals surface area contributed by atoms with Gasteiger partial charge in [0.15, 0.2) is 0 Å². The highest BCUT2D eigenvalue weighted by Gasteiger charge is 2.38. The van der Waals surface area contributed by atoms with Crippen molar-refractivity contribution < 1.29 is 27.1 Å². The molecule has 1 N–H and O–H groups in total. The predicted molar refractivity (Wildman–Crippen MR) is 110 cm³/mol. The van der Waals surface area contributed by atoms with Gasteiger partial charge in [-0.15, -0.1) is 0 Å². The number of nitrogens with zero attached hydrogens (tertiary/aromatic N) is 3. The van der Waals surface area contributed by atoms with Crippen LogP contribution in [0.25, 0.3) is 5.65 Å². The molecule has 2 fully saturated rings. The second kappa shape index (κ2) is 8.20. The smallest absolute Gasteiger partial charge is 0.321 e. The molecular formula is C22H20F4N4O3. The average Bonchev–Trinajstić information content (AvgIpc) is 3.50. The van der Waals surface area contributed by atoms with E-state index in [1.165, 1.54) is 18.3 Å². The number of pyridine rings is 2. The van der Waals surface area contributed by atoms with Crippen LogP contribution >= 0.6 is 0 Å². The predicted octanol–water partition coefficient (Wildman–Crippen LogP) is 4.44. The number of nitrogens with one attached hydrogen (secondary N) is 1. The first kappa shape index (κ1) is 21.5. The normalized spacial score (nSPS) is 20.3. The highest BCUT2D eigenvalue weighted by atomic mass is 19.3. The Bertz CT molecular complexity index is 1260. The van der Waals surface area contributed by atoms with E-state index in [9.17, 15) is 27.2 Å². The summed E-state index contributed by atoms with van der Waals surface area (Å²) in [7, 11) is 0. The number of imidazole rings is 1. The zero-order valence-electron chi connectivity index (χ0n) is 17.3. The van der Waals surface area contributed by atoms with Gasteiger partial charge in [-0.2, -0.15) is 8.78 Å². The van der Waals surface area contributed by atoms with Crippen LogP contribution in [0.15, 0.2) is 41.6 Å². The molecule has 3 heterocycles. The van der Waals surface area contributed by atoms with Gasteiger partial charge in [-0.05, 0) is 37.8 Å². The Kier molecular flexibility index (Phi) is 5.34. The van der Waals surface area contributed by atoms with Crippen molar-refractivity contribution in [3.05, 3.63) is 58.4 Å². The summed E-state index contributed by atoms with van der Waals surface area (Å²) in [6.07, 6.45) is 3.66. The first-order chi connectivity index (χ1) is 15.8. The lowest BCUT2D eigenvalue weighted by Gasteiger charge is -2.35. The van der Waals surface area contributed by atoms with Gasteiger partial charge in [-0.3, -0.25) is 14.2 Å². The number of rotatable bonds is 7. The van der Waals surface area contributed by atoms with Crippen molar-refractivity contribution in [1.29, 1.82) is 0 Å². The Morgan fingerprint density at radius 2 is 1.94 bits per heavy atom. The van der Waals surface area contributed by atoms with Crippen molar-refractivity contribution in [3.63, 3.8) is 0 Å². The first-order valence-corrected chi connectivity index (χ1v) is 10.6. The van der Waals surface area contributed by atoms with Crippen LogP contribution in [-0.2, 0) is 0 Å². The molecule has 0 atom stereocenters. The van der Waals surface area contributed by atoms with Crippen LogP contribution in [0, 0.1) is 5.92 Å². The molecule has 7 nitrogen and oxygen atoms in total. The van der Waals surface area contributed by atoms with Crippen LogP contribution in [0.2, 0.25) is 0 Å². The second-order valence-electron chi connectivity index (χ2n) is 8.43. The number of alkyl halides is 4. The number of hydrogen-bond donors (Lipinski definition) is 1. The van der Waals surface area contributed by atoms with E-state index in [-0.39, 0.29) is 34.4 Å². The Balaban J connectivity index is 1.46. The molecule has 0 spiro atoms. The number of carbonyl (C=O) groups excluding carboxylic acids is 1. The van der Waals surface area contributed by atoms with Crippen molar-refractivity contribution in [1.82, 2.24) is 14.0 Å². The summed E-state index contributed by atoms with van der Waals surface area (Å²) in [5.74, 6) is -0.999. The quantitative estimate of drug-likeness (QED) is 0.525. The third-order valence-electron chi connectivity index (χ3n) is 6.03. The Morgan fingerprint density at radius 3 is 2.61 bits per heavy atom. The average molecular weight is 464 g/mol. The molecule has 174 valence electrons. The zero-order chi connectivity index (χ0) is 23.3. The largest absolute Gasteiger partial charge is 0.489 e. The van der Waals surface area contributed by atoms with Crippen LogP contribution in [0.3, 0.4) is 0 Å². The third kappa shape index (κ3) is 4.19. The minimum absolute atomic E-state index is 0.0367. The van der Waals surface area contributed by atoms with Gasteiger partial charge < -0.3 is 14.5 Å². The van der Waals surface area contributed by atoms with E-state index in [2.05, 4.69) is 10.3 Å². The standard InChI is InChI=1S/C22H20F4N4O3/c23-19(24)12-6-13(7-12)33-17-8-18-27-16(11-3-4-11)10-29(18)9-14(17)20(31)28-15-2-1-5-30(21(15)32)22(25)26/h1-2,5,8-13,19,22H,3-4,6-7H2,(H,28,31). The lowest BCUT2D eigenvalue weighted by atomic mass is 9.82. The fourth-order valence-corrected chi connectivity index (χ4v) is 3.92. The lowest BCUT2D eigenvalue weighted by Crippen LogP contribution is -2.38. The molecule has 2 saturated carbocycles. The number of anilines is 1. The topological polar surface area (TPSA) is 77.6 Å². The SMILES string of the molecule is O=C(Nc1cccn(C(F)F)c1=O)c1cn2cc(C3CC3)nc2cc1OC1CC(C(F)F)C1. The van der Waals surface area contributed by atoms with Gasteiger partial charge in [-0.25, -0.2) is 13.8 Å². The molecule has 0 unspecified atom stereocenters. The minimum atomic E-state index is -3.06. The number of fused-ring (bicyclic) bond motifs is 1. The highest BCUT2D eigenvalue weighted by molar-refractivity contribution is 6.06. The third-order valence-corrected chi connectivity index (χ3v) is 6.03. The van der Waals surface area contributed by atoms with E-state index in [1.807, 2.05) is 0 Å². The number of amides is 1. The molecule has 11 heteroatoms. The Hall–Kier alpha value is -3.37. The van der Waals surface area contributed by atoms with Gasteiger partial charge in [0.2, 0.25) is 6.43 Å². The van der Waals surface area contributed by atoms with Gasteiger partial charge in [0.1, 0.15) is 17.1 Å². The fourth-order valence-electron chi connectivity index (χ4n) is 3.92. The maximum absolute atomic E-state index is 13.0. The molecule has 0 aliphatic heterocycles. The molecule has 33 heavy (non-hydrogen) atoms. The fraction of sp³-hybridized carbons (Fsp3) is 0.409. The number of hydrogen-bond acceptors (Lipinski definition) is 4. The van der Waals surface area contributed by atoms with E-state index in [1.54, 1.807) is 16.7 Å². The Morgan fingerprint density at radius 1 is 1.18 bits per heavy atom. The van der Waals surface area contributed by atoms with Gasteiger partial charge in [0, 0.05) is 36.5 Å². The molecular weight excluding hydrogens is 444 g/mol. The number of aromatic nitrogens is 3. The summed E-state index contributed by atoms with van der Waals surface area (Å²) in [6.45, 7) is -3.06. The summed E-state index contributed by atoms with van der Waals surface area (Å²) >= 11 is 0. The van der Waals surface area contributed by atoms with E-state index in [4.69, 9.17) is 4.74 Å². The summed E-state index contributed by atoms with van der Waals surface area (Å²) in [5, 5.41) is 2.37. The van der Waals surface area contributed by atoms with Gasteiger partial charge >= 0.3 is 6.55 Å². The summed E-state index contributed by atoms with van der Waals surface area (Å²) in [5.41, 5.74) is 0.0757. The van der Waals surface area contributed by atoms with Crippen LogP contribution in [0.5, 0.6) is 5.75 Å². The van der Waals surface area contributed by atoms with Crippen molar-refractivity contribution in [2.75, 3.05) is 5.32 Å². The molecule has 5 rings (SSSR count). The van der Waals surface area contributed by atoms with Crippen LogP contribution in [0.4, 0.5) is 23.2 Å². The van der Waals surface area contributed by atoms with Crippen LogP contribution < -0.4 is 15.6 Å². The van der Waals surface area contributed by atoms with Crippen molar-refractivity contribution in [2.24, 2.45) is 5.92 Å². The van der Waals surface area contributed by atoms with Crippen LogP contribution in [0.1, 0.15) is 54.2 Å². The maximum Gasteiger partial charge on any atom is 0.321 e. The Labute approximate surface area is 185 Å². The van der Waals surface area contributed by atoms with Gasteiger partial charge in [0.25, 0.3) is 11.5 Å². The minimum Gasteiger partial charge on any atom is -0.489 e. The van der Waals surface area contributed by atoms with Crippen molar-refractivity contribution in [3.8, 4) is 5.75 Å². The lowest BCUT2D eigenvalue weighted by molar-refractivity contribution is -0.0330. The molecule has 0 aromatic carbocycles. The van der Waals surface area contributed by atoms with Crippen molar-refractivity contribution in [2.45, 2.75) is 50.7 Å². The van der Waals surface area contributed by atoms with E-state index in [0.717, 1.165) is 24.7 Å². The molecule has 3 aromatic heterocycles. The molecule has 2 aliphatic carbocycles. The molecule has 0 saturated heterocycles. The molecule has 1 amide bonds. The van der Waals surface area contributed by atoms with E-state index >= 15 is 0 Å². The molecule has 3 aromatic rings. The van der Waals surface area contributed by atoms with Gasteiger partial charge in [-0.1, -0.05) is 0 Å². The maximum atomic E-state index is 13.0. The van der Waals surface area contributed by atoms with E-state index < -0.39 is 36.5 Å². The van der Waals surface area contributed by atoms with Crippen molar-refractivity contribution >= 4 is 17.2 Å². The molecule has 0 radical (unpaired) electrons. The summed E-state index contributed by atoms with van der Waals surface area (Å²) in [4.78, 5) is 29.8. The number of ether oxygens (including phenoxy) is 1. The van der Waals surface area contributed by atoms with Crippen LogP contribution in [-0.4, -0.2) is 32.4 Å². The van der Waals surface area contributed by atoms with E-state index in [0.29, 0.717) is 11.6 Å². The van der Waals surface area contributed by atoms with Gasteiger partial charge in [0.05, 0.1) is 17.4 Å². The second-order valence-corrected chi connectivity index (χ2v) is 8.43. The first-order valence-electron chi connectivity index (χ1n) is 10.6. The molecule has 0 bridgehead atoms. The summed E-state index contributed by atoms with van der Waals surface area (Å²) in [6, 6.07) is 4.00. The monoisotopic (exact) mass is 464 g/mol.